The first kappa shape index (κ1) is 11.6. The molecule has 0 aromatic carbocycles. The molecular formula is C10H7BrN4O2. The van der Waals surface area contributed by atoms with Crippen LogP contribution in [0.25, 0.3) is 11.4 Å². The van der Waals surface area contributed by atoms with Crippen LogP contribution in [0.3, 0.4) is 0 Å². The third-order valence-corrected chi connectivity index (χ3v) is 2.65. The van der Waals surface area contributed by atoms with Gasteiger partial charge in [-0.2, -0.15) is 0 Å². The summed E-state index contributed by atoms with van der Waals surface area (Å²) in [5, 5.41) is 8.97. The number of carboxylic acids is 1. The van der Waals surface area contributed by atoms with E-state index in [9.17, 15) is 4.79 Å². The second-order valence-electron chi connectivity index (χ2n) is 3.23. The SMILES string of the molecule is Cc1nc(-c2cncnc2)nc(Br)c1C(=O)O. The smallest absolute Gasteiger partial charge is 0.340 e. The molecule has 0 radical (unpaired) electrons. The maximum absolute atomic E-state index is 11.0. The average molecular weight is 295 g/mol. The van der Waals surface area contributed by atoms with Gasteiger partial charge in [0.2, 0.25) is 0 Å². The van der Waals surface area contributed by atoms with Crippen molar-refractivity contribution < 1.29 is 9.90 Å². The second kappa shape index (κ2) is 4.54. The summed E-state index contributed by atoms with van der Waals surface area (Å²) in [6, 6.07) is 0. The largest absolute Gasteiger partial charge is 0.478 e. The molecule has 0 bridgehead atoms. The van der Waals surface area contributed by atoms with Crippen molar-refractivity contribution in [2.75, 3.05) is 0 Å². The van der Waals surface area contributed by atoms with Crippen molar-refractivity contribution in [2.24, 2.45) is 0 Å². The van der Waals surface area contributed by atoms with Gasteiger partial charge in [0.1, 0.15) is 16.5 Å². The molecule has 0 saturated carbocycles. The molecule has 0 saturated heterocycles. The summed E-state index contributed by atoms with van der Waals surface area (Å²) in [5.74, 6) is -0.676. The fraction of sp³-hybridized carbons (Fsp3) is 0.100. The molecule has 6 nitrogen and oxygen atoms in total. The van der Waals surface area contributed by atoms with Crippen LogP contribution in [0, 0.1) is 6.92 Å². The van der Waals surface area contributed by atoms with Crippen molar-refractivity contribution >= 4 is 21.9 Å². The third kappa shape index (κ3) is 2.28. The zero-order valence-corrected chi connectivity index (χ0v) is 10.3. The Morgan fingerprint density at radius 1 is 1.29 bits per heavy atom. The molecule has 2 heterocycles. The number of hydrogen-bond donors (Lipinski definition) is 1. The highest BCUT2D eigenvalue weighted by Crippen LogP contribution is 2.21. The van der Waals surface area contributed by atoms with Crippen molar-refractivity contribution in [3.05, 3.63) is 34.6 Å². The molecule has 2 rings (SSSR count). The van der Waals surface area contributed by atoms with Gasteiger partial charge in [-0.15, -0.1) is 0 Å². The Morgan fingerprint density at radius 2 is 1.94 bits per heavy atom. The molecule has 17 heavy (non-hydrogen) atoms. The Balaban J connectivity index is 2.57. The van der Waals surface area contributed by atoms with E-state index in [1.807, 2.05) is 0 Å². The highest BCUT2D eigenvalue weighted by Gasteiger charge is 2.16. The number of hydrogen-bond acceptors (Lipinski definition) is 5. The van der Waals surface area contributed by atoms with Crippen molar-refractivity contribution in [1.82, 2.24) is 19.9 Å². The number of rotatable bonds is 2. The fourth-order valence-electron chi connectivity index (χ4n) is 1.32. The summed E-state index contributed by atoms with van der Waals surface area (Å²) in [5.41, 5.74) is 1.08. The zero-order valence-electron chi connectivity index (χ0n) is 8.75. The minimum atomic E-state index is -1.06. The van der Waals surface area contributed by atoms with Gasteiger partial charge >= 0.3 is 5.97 Å². The van der Waals surface area contributed by atoms with Gasteiger partial charge in [0.05, 0.1) is 11.3 Å². The summed E-state index contributed by atoms with van der Waals surface area (Å²) >= 11 is 3.12. The lowest BCUT2D eigenvalue weighted by atomic mass is 10.2. The van der Waals surface area contributed by atoms with E-state index in [0.717, 1.165) is 0 Å². The monoisotopic (exact) mass is 294 g/mol. The molecule has 0 amide bonds. The van der Waals surface area contributed by atoms with Crippen LogP contribution >= 0.6 is 15.9 Å². The molecule has 1 N–H and O–H groups in total. The molecule has 0 aliphatic carbocycles. The van der Waals surface area contributed by atoms with Crippen LogP contribution in [0.5, 0.6) is 0 Å². The van der Waals surface area contributed by atoms with E-state index < -0.39 is 5.97 Å². The Bertz CT molecular complexity index is 551. The number of aryl methyl sites for hydroxylation is 1. The van der Waals surface area contributed by atoms with Gasteiger partial charge in [-0.3, -0.25) is 0 Å². The van der Waals surface area contributed by atoms with E-state index >= 15 is 0 Å². The van der Waals surface area contributed by atoms with Crippen molar-refractivity contribution in [1.29, 1.82) is 0 Å². The van der Waals surface area contributed by atoms with Gasteiger partial charge in [0.15, 0.2) is 5.82 Å². The molecule has 0 aliphatic heterocycles. The van der Waals surface area contributed by atoms with E-state index in [2.05, 4.69) is 35.9 Å². The number of carboxylic acid groups (broad SMARTS) is 1. The van der Waals surface area contributed by atoms with Crippen LogP contribution in [0.15, 0.2) is 23.3 Å². The molecule has 7 heteroatoms. The van der Waals surface area contributed by atoms with Gasteiger partial charge in [0.25, 0.3) is 0 Å². The van der Waals surface area contributed by atoms with E-state index in [0.29, 0.717) is 17.1 Å². The minimum absolute atomic E-state index is 0.0607. The van der Waals surface area contributed by atoms with Gasteiger partial charge < -0.3 is 5.11 Å². The standard InChI is InChI=1S/C10H7BrN4O2/c1-5-7(10(16)17)8(11)15-9(14-5)6-2-12-4-13-3-6/h2-4H,1H3,(H,16,17). The first-order valence-corrected chi connectivity index (χ1v) is 5.41. The van der Waals surface area contributed by atoms with Crippen LogP contribution in [-0.4, -0.2) is 31.0 Å². The minimum Gasteiger partial charge on any atom is -0.478 e. The molecule has 0 atom stereocenters. The second-order valence-corrected chi connectivity index (χ2v) is 3.98. The first-order valence-electron chi connectivity index (χ1n) is 4.62. The topological polar surface area (TPSA) is 88.9 Å². The van der Waals surface area contributed by atoms with Crippen molar-refractivity contribution in [2.45, 2.75) is 6.92 Å². The van der Waals surface area contributed by atoms with Gasteiger partial charge in [0, 0.05) is 12.4 Å². The lowest BCUT2D eigenvalue weighted by Gasteiger charge is -2.05. The van der Waals surface area contributed by atoms with Crippen LogP contribution in [0.1, 0.15) is 16.1 Å². The Hall–Kier alpha value is -1.89. The number of nitrogens with zero attached hydrogens (tertiary/aromatic N) is 4. The van der Waals surface area contributed by atoms with Crippen molar-refractivity contribution in [3.8, 4) is 11.4 Å². The molecule has 0 aliphatic rings. The number of halogens is 1. The normalized spacial score (nSPS) is 10.2. The highest BCUT2D eigenvalue weighted by molar-refractivity contribution is 9.10. The molecular weight excluding hydrogens is 288 g/mol. The predicted molar refractivity (Wildman–Crippen MR) is 62.5 cm³/mol. The maximum Gasteiger partial charge on any atom is 0.340 e. The molecule has 0 unspecified atom stereocenters. The van der Waals surface area contributed by atoms with Crippen LogP contribution in [0.2, 0.25) is 0 Å². The van der Waals surface area contributed by atoms with Crippen molar-refractivity contribution in [3.63, 3.8) is 0 Å². The van der Waals surface area contributed by atoms with Crippen LogP contribution in [0.4, 0.5) is 0 Å². The summed E-state index contributed by atoms with van der Waals surface area (Å²) in [6.45, 7) is 1.61. The average Bonchev–Trinajstić information content (AvgIpc) is 2.28. The van der Waals surface area contributed by atoms with Crippen LogP contribution < -0.4 is 0 Å². The molecule has 0 fully saturated rings. The predicted octanol–water partition coefficient (Wildman–Crippen LogP) is 1.70. The third-order valence-electron chi connectivity index (χ3n) is 2.08. The Morgan fingerprint density at radius 3 is 2.47 bits per heavy atom. The molecule has 2 aromatic rings. The van der Waals surface area contributed by atoms with Gasteiger partial charge in [-0.25, -0.2) is 24.7 Å². The summed E-state index contributed by atoms with van der Waals surface area (Å²) in [6.07, 6.45) is 4.53. The van der Waals surface area contributed by atoms with Crippen LogP contribution in [-0.2, 0) is 0 Å². The van der Waals surface area contributed by atoms with Gasteiger partial charge in [-0.1, -0.05) is 0 Å². The fourth-order valence-corrected chi connectivity index (χ4v) is 1.95. The number of aromatic nitrogens is 4. The summed E-state index contributed by atoms with van der Waals surface area (Å²) < 4.78 is 0.247. The number of aromatic carboxylic acids is 1. The Labute approximate surface area is 105 Å². The van der Waals surface area contributed by atoms with Gasteiger partial charge in [-0.05, 0) is 22.9 Å². The lowest BCUT2D eigenvalue weighted by molar-refractivity contribution is 0.0694. The Kier molecular flexibility index (Phi) is 3.10. The zero-order chi connectivity index (χ0) is 12.4. The summed E-state index contributed by atoms with van der Waals surface area (Å²) in [7, 11) is 0. The quantitative estimate of drug-likeness (QED) is 0.848. The van der Waals surface area contributed by atoms with E-state index in [-0.39, 0.29) is 10.2 Å². The first-order chi connectivity index (χ1) is 8.09. The highest BCUT2D eigenvalue weighted by atomic mass is 79.9. The molecule has 86 valence electrons. The molecule has 0 spiro atoms. The molecule has 2 aromatic heterocycles. The maximum atomic E-state index is 11.0. The van der Waals surface area contributed by atoms with E-state index in [4.69, 9.17) is 5.11 Å². The lowest BCUT2D eigenvalue weighted by Crippen LogP contribution is -2.06. The van der Waals surface area contributed by atoms with E-state index in [1.165, 1.54) is 6.33 Å². The number of carbonyl (C=O) groups is 1. The van der Waals surface area contributed by atoms with E-state index in [1.54, 1.807) is 19.3 Å². The summed E-state index contributed by atoms with van der Waals surface area (Å²) in [4.78, 5) is 26.9.